The highest BCUT2D eigenvalue weighted by Crippen LogP contribution is 2.46. The molecule has 1 aliphatic heterocycles. The minimum absolute atomic E-state index is 0.00102. The molecule has 0 spiro atoms. The van der Waals surface area contributed by atoms with Gasteiger partial charge < -0.3 is 5.73 Å². The third kappa shape index (κ3) is 1.25. The Labute approximate surface area is 77.1 Å². The third-order valence-electron chi connectivity index (χ3n) is 2.90. The second-order valence-electron chi connectivity index (χ2n) is 3.90. The smallest absolute Gasteiger partial charge is 0.233 e. The van der Waals surface area contributed by atoms with Crippen LogP contribution in [-0.2, 0) is 9.59 Å². The van der Waals surface area contributed by atoms with E-state index in [0.29, 0.717) is 6.54 Å². The van der Waals surface area contributed by atoms with Gasteiger partial charge in [0.15, 0.2) is 0 Å². The Morgan fingerprint density at radius 3 is 2.46 bits per heavy atom. The van der Waals surface area contributed by atoms with E-state index >= 15 is 0 Å². The van der Waals surface area contributed by atoms with Crippen LogP contribution in [0.15, 0.2) is 0 Å². The minimum atomic E-state index is -0.0644. The summed E-state index contributed by atoms with van der Waals surface area (Å²) in [4.78, 5) is 24.3. The fourth-order valence-corrected chi connectivity index (χ4v) is 1.79. The highest BCUT2D eigenvalue weighted by molar-refractivity contribution is 6.08. The number of nitrogens with zero attached hydrogens (tertiary/aromatic N) is 1. The zero-order chi connectivity index (χ0) is 9.59. The first kappa shape index (κ1) is 8.69. The van der Waals surface area contributed by atoms with Crippen LogP contribution in [-0.4, -0.2) is 29.3 Å². The molecule has 3 atom stereocenters. The molecular weight excluding hydrogens is 168 g/mol. The molecule has 2 fully saturated rings. The van der Waals surface area contributed by atoms with Crippen LogP contribution in [0.2, 0.25) is 0 Å². The summed E-state index contributed by atoms with van der Waals surface area (Å²) < 4.78 is 0. The molecule has 1 heterocycles. The monoisotopic (exact) mass is 182 g/mol. The molecule has 4 heteroatoms. The highest BCUT2D eigenvalue weighted by atomic mass is 16.2. The van der Waals surface area contributed by atoms with Gasteiger partial charge in [0.25, 0.3) is 0 Å². The number of likely N-dealkylation sites (tertiary alicyclic amines) is 1. The first-order chi connectivity index (χ1) is 6.15. The predicted molar refractivity (Wildman–Crippen MR) is 46.6 cm³/mol. The van der Waals surface area contributed by atoms with Crippen LogP contribution in [0, 0.1) is 11.8 Å². The number of fused-ring (bicyclic) bond motifs is 1. The van der Waals surface area contributed by atoms with Gasteiger partial charge in [-0.25, -0.2) is 0 Å². The number of amides is 2. The SMILES string of the molecule is CCC(N)CN1C(=O)C2CC2C1=O. The van der Waals surface area contributed by atoms with Gasteiger partial charge in [0.1, 0.15) is 0 Å². The second kappa shape index (κ2) is 2.80. The maximum absolute atomic E-state index is 11.5. The van der Waals surface area contributed by atoms with Crippen molar-refractivity contribution in [1.29, 1.82) is 0 Å². The molecule has 1 saturated carbocycles. The molecule has 0 aromatic heterocycles. The molecule has 2 rings (SSSR count). The van der Waals surface area contributed by atoms with Crippen molar-refractivity contribution in [3.8, 4) is 0 Å². The fraction of sp³-hybridized carbons (Fsp3) is 0.778. The van der Waals surface area contributed by atoms with Crippen LogP contribution in [0.25, 0.3) is 0 Å². The fourth-order valence-electron chi connectivity index (χ4n) is 1.79. The van der Waals surface area contributed by atoms with E-state index in [4.69, 9.17) is 5.73 Å². The molecule has 0 aromatic rings. The number of imide groups is 1. The summed E-state index contributed by atoms with van der Waals surface area (Å²) in [5, 5.41) is 0. The Morgan fingerprint density at radius 1 is 1.46 bits per heavy atom. The predicted octanol–water partition coefficient (Wildman–Crippen LogP) is -0.271. The zero-order valence-electron chi connectivity index (χ0n) is 7.69. The number of hydrogen-bond acceptors (Lipinski definition) is 3. The topological polar surface area (TPSA) is 63.4 Å². The van der Waals surface area contributed by atoms with E-state index in [1.165, 1.54) is 4.90 Å². The summed E-state index contributed by atoms with van der Waals surface area (Å²) in [6, 6.07) is -0.0644. The summed E-state index contributed by atoms with van der Waals surface area (Å²) >= 11 is 0. The molecule has 4 nitrogen and oxygen atoms in total. The van der Waals surface area contributed by atoms with Crippen LogP contribution < -0.4 is 5.73 Å². The van der Waals surface area contributed by atoms with Crippen molar-refractivity contribution >= 4 is 11.8 Å². The summed E-state index contributed by atoms with van der Waals surface area (Å²) in [5.41, 5.74) is 5.69. The van der Waals surface area contributed by atoms with Gasteiger partial charge in [0.2, 0.25) is 11.8 Å². The van der Waals surface area contributed by atoms with E-state index in [1.807, 2.05) is 6.92 Å². The first-order valence-electron chi connectivity index (χ1n) is 4.76. The van der Waals surface area contributed by atoms with Crippen molar-refractivity contribution in [2.75, 3.05) is 6.54 Å². The molecule has 13 heavy (non-hydrogen) atoms. The lowest BCUT2D eigenvalue weighted by Gasteiger charge is -2.19. The molecule has 0 bridgehead atoms. The molecular formula is C9H14N2O2. The number of carbonyl (C=O) groups is 2. The van der Waals surface area contributed by atoms with E-state index in [9.17, 15) is 9.59 Å². The van der Waals surface area contributed by atoms with Crippen LogP contribution in [0.5, 0.6) is 0 Å². The van der Waals surface area contributed by atoms with Gasteiger partial charge in [0.05, 0.1) is 11.8 Å². The molecule has 2 amide bonds. The lowest BCUT2D eigenvalue weighted by molar-refractivity contribution is -0.141. The van der Waals surface area contributed by atoms with Crippen molar-refractivity contribution in [1.82, 2.24) is 4.90 Å². The quantitative estimate of drug-likeness (QED) is 0.611. The van der Waals surface area contributed by atoms with Crippen LogP contribution in [0.3, 0.4) is 0 Å². The van der Waals surface area contributed by atoms with E-state index in [-0.39, 0.29) is 29.7 Å². The first-order valence-corrected chi connectivity index (χ1v) is 4.76. The van der Waals surface area contributed by atoms with Crippen LogP contribution >= 0.6 is 0 Å². The number of hydrogen-bond donors (Lipinski definition) is 1. The largest absolute Gasteiger partial charge is 0.326 e. The Hall–Kier alpha value is -0.900. The van der Waals surface area contributed by atoms with Crippen LogP contribution in [0.1, 0.15) is 19.8 Å². The van der Waals surface area contributed by atoms with Crippen molar-refractivity contribution in [3.05, 3.63) is 0 Å². The zero-order valence-corrected chi connectivity index (χ0v) is 7.69. The molecule has 0 radical (unpaired) electrons. The van der Waals surface area contributed by atoms with Gasteiger partial charge in [-0.05, 0) is 12.8 Å². The Balaban J connectivity index is 2.00. The van der Waals surface area contributed by atoms with Crippen molar-refractivity contribution < 1.29 is 9.59 Å². The van der Waals surface area contributed by atoms with Gasteiger partial charge in [-0.15, -0.1) is 0 Å². The lowest BCUT2D eigenvalue weighted by Crippen LogP contribution is -2.42. The van der Waals surface area contributed by atoms with Crippen molar-refractivity contribution in [3.63, 3.8) is 0 Å². The van der Waals surface area contributed by atoms with Gasteiger partial charge in [0, 0.05) is 12.6 Å². The minimum Gasteiger partial charge on any atom is -0.326 e. The molecule has 2 N–H and O–H groups in total. The second-order valence-corrected chi connectivity index (χ2v) is 3.90. The number of carbonyl (C=O) groups excluding carboxylic acids is 2. The average Bonchev–Trinajstić information content (AvgIpc) is 2.86. The highest BCUT2D eigenvalue weighted by Gasteiger charge is 2.58. The van der Waals surface area contributed by atoms with Gasteiger partial charge in [-0.2, -0.15) is 0 Å². The number of nitrogens with two attached hydrogens (primary N) is 1. The summed E-state index contributed by atoms with van der Waals surface area (Å²) in [6.45, 7) is 2.36. The maximum Gasteiger partial charge on any atom is 0.233 e. The van der Waals surface area contributed by atoms with Gasteiger partial charge in [-0.1, -0.05) is 6.92 Å². The van der Waals surface area contributed by atoms with Gasteiger partial charge >= 0.3 is 0 Å². The number of piperidine rings is 1. The average molecular weight is 182 g/mol. The van der Waals surface area contributed by atoms with Crippen molar-refractivity contribution in [2.24, 2.45) is 17.6 Å². The summed E-state index contributed by atoms with van der Waals surface area (Å²) in [7, 11) is 0. The molecule has 2 aliphatic rings. The van der Waals surface area contributed by atoms with E-state index in [1.54, 1.807) is 0 Å². The Bertz CT molecular complexity index is 244. The van der Waals surface area contributed by atoms with Crippen molar-refractivity contribution in [2.45, 2.75) is 25.8 Å². The normalized spacial score (nSPS) is 33.5. The summed E-state index contributed by atoms with van der Waals surface area (Å²) in [6.07, 6.45) is 1.57. The van der Waals surface area contributed by atoms with E-state index in [0.717, 1.165) is 12.8 Å². The Morgan fingerprint density at radius 2 is 2.00 bits per heavy atom. The lowest BCUT2D eigenvalue weighted by atomic mass is 10.2. The summed E-state index contributed by atoms with van der Waals surface area (Å²) in [5.74, 6) is 0.0194. The Kier molecular flexibility index (Phi) is 1.87. The molecule has 1 saturated heterocycles. The third-order valence-corrected chi connectivity index (χ3v) is 2.90. The number of rotatable bonds is 3. The van der Waals surface area contributed by atoms with E-state index in [2.05, 4.69) is 0 Å². The molecule has 72 valence electrons. The maximum atomic E-state index is 11.5. The molecule has 3 unspecified atom stereocenters. The molecule has 1 aliphatic carbocycles. The standard InChI is InChI=1S/C9H14N2O2/c1-2-5(10)4-11-8(12)6-3-7(6)9(11)13/h5-7H,2-4,10H2,1H3. The van der Waals surface area contributed by atoms with E-state index < -0.39 is 0 Å². The van der Waals surface area contributed by atoms with Gasteiger partial charge in [-0.3, -0.25) is 14.5 Å². The molecule has 0 aromatic carbocycles. The van der Waals surface area contributed by atoms with Crippen LogP contribution in [0.4, 0.5) is 0 Å².